The van der Waals surface area contributed by atoms with E-state index in [0.29, 0.717) is 27.2 Å². The summed E-state index contributed by atoms with van der Waals surface area (Å²) in [5.74, 6) is -2.39. The summed E-state index contributed by atoms with van der Waals surface area (Å²) in [6.45, 7) is 1.74. The maximum atomic E-state index is 13.1. The largest absolute Gasteiger partial charge is 0.507 e. The number of nitrogens with zero attached hydrogens (tertiary/aromatic N) is 1. The van der Waals surface area contributed by atoms with Crippen LogP contribution in [-0.4, -0.2) is 27.7 Å². The molecule has 3 N–H and O–H groups in total. The summed E-state index contributed by atoms with van der Waals surface area (Å²) in [4.78, 5) is 38.7. The molecule has 0 bridgehead atoms. The predicted molar refractivity (Wildman–Crippen MR) is 141 cm³/mol. The van der Waals surface area contributed by atoms with Gasteiger partial charge in [0.1, 0.15) is 17.1 Å². The highest BCUT2D eigenvalue weighted by atomic mass is 35.5. The van der Waals surface area contributed by atoms with Crippen LogP contribution in [-0.2, 0) is 9.59 Å². The fraction of sp³-hybridized carbons (Fsp3) is 0.143. The molecule has 9 heteroatoms. The van der Waals surface area contributed by atoms with E-state index in [1.165, 1.54) is 0 Å². The van der Waals surface area contributed by atoms with E-state index in [9.17, 15) is 24.7 Å². The zero-order valence-corrected chi connectivity index (χ0v) is 20.5. The van der Waals surface area contributed by atoms with E-state index >= 15 is 0 Å². The Hall–Kier alpha value is -4.43. The second-order valence-electron chi connectivity index (χ2n) is 8.49. The zero-order valence-electron chi connectivity index (χ0n) is 19.8. The van der Waals surface area contributed by atoms with Crippen molar-refractivity contribution < 1.29 is 24.3 Å². The molecular formula is C28H23ClN2O6. The lowest BCUT2D eigenvalue weighted by Gasteiger charge is -2.18. The van der Waals surface area contributed by atoms with Crippen molar-refractivity contribution in [2.45, 2.75) is 25.7 Å². The molecule has 1 amide bonds. The molecule has 0 aliphatic rings. The molecule has 37 heavy (non-hydrogen) atoms. The normalized spacial score (nSPS) is 12.3. The highest BCUT2D eigenvalue weighted by Gasteiger charge is 2.28. The number of aromatic hydroxyl groups is 1. The number of nitrogens with one attached hydrogen (secondary N) is 1. The van der Waals surface area contributed by atoms with Gasteiger partial charge in [0.2, 0.25) is 0 Å². The van der Waals surface area contributed by atoms with Gasteiger partial charge in [-0.3, -0.25) is 9.59 Å². The number of hydrogen-bond donors (Lipinski definition) is 3. The molecule has 0 radical (unpaired) electrons. The number of aryl methyl sites for hydroxylation is 1. The van der Waals surface area contributed by atoms with Crippen LogP contribution in [0.1, 0.15) is 35.4 Å². The highest BCUT2D eigenvalue weighted by Crippen LogP contribution is 2.36. The molecule has 188 valence electrons. The van der Waals surface area contributed by atoms with E-state index in [1.807, 2.05) is 0 Å². The van der Waals surface area contributed by atoms with Crippen molar-refractivity contribution in [3.8, 4) is 5.75 Å². The van der Waals surface area contributed by atoms with E-state index < -0.39 is 35.4 Å². The monoisotopic (exact) mass is 518 g/mol. The molecule has 0 aliphatic carbocycles. The van der Waals surface area contributed by atoms with Gasteiger partial charge >= 0.3 is 5.63 Å². The van der Waals surface area contributed by atoms with E-state index in [-0.39, 0.29) is 23.3 Å². The molecule has 1 aromatic heterocycles. The molecule has 0 aliphatic heterocycles. The van der Waals surface area contributed by atoms with Crippen LogP contribution >= 0.6 is 11.6 Å². The molecule has 1 heterocycles. The quantitative estimate of drug-likeness (QED) is 0.124. The van der Waals surface area contributed by atoms with Crippen LogP contribution < -0.4 is 10.9 Å². The molecule has 8 nitrogen and oxygen atoms in total. The predicted octanol–water partition coefficient (Wildman–Crippen LogP) is 5.41. The summed E-state index contributed by atoms with van der Waals surface area (Å²) >= 11 is 5.95. The van der Waals surface area contributed by atoms with Gasteiger partial charge in [0.15, 0.2) is 5.71 Å². The number of oxime groups is 1. The van der Waals surface area contributed by atoms with Gasteiger partial charge in [0, 0.05) is 23.0 Å². The molecule has 0 fully saturated rings. The maximum absolute atomic E-state index is 13.1. The van der Waals surface area contributed by atoms with Crippen LogP contribution in [0.3, 0.4) is 0 Å². The van der Waals surface area contributed by atoms with Gasteiger partial charge in [-0.15, -0.1) is 0 Å². The molecule has 0 saturated carbocycles. The van der Waals surface area contributed by atoms with Crippen LogP contribution in [0.5, 0.6) is 5.75 Å². The van der Waals surface area contributed by atoms with Crippen molar-refractivity contribution in [3.05, 3.63) is 105 Å². The van der Waals surface area contributed by atoms with Crippen molar-refractivity contribution >= 4 is 45.7 Å². The molecule has 3 aromatic carbocycles. The van der Waals surface area contributed by atoms with E-state index in [1.54, 1.807) is 79.7 Å². The summed E-state index contributed by atoms with van der Waals surface area (Å²) in [6.07, 6.45) is -0.759. The Morgan fingerprint density at radius 1 is 1.05 bits per heavy atom. The summed E-state index contributed by atoms with van der Waals surface area (Å²) in [5, 5.41) is 26.9. The lowest BCUT2D eigenvalue weighted by atomic mass is 9.86. The Morgan fingerprint density at radius 2 is 1.76 bits per heavy atom. The first-order chi connectivity index (χ1) is 17.8. The molecular weight excluding hydrogens is 496 g/mol. The minimum Gasteiger partial charge on any atom is -0.507 e. The van der Waals surface area contributed by atoms with Crippen LogP contribution in [0, 0.1) is 6.92 Å². The fourth-order valence-electron chi connectivity index (χ4n) is 4.14. The molecule has 0 spiro atoms. The van der Waals surface area contributed by atoms with Crippen molar-refractivity contribution in [2.75, 3.05) is 5.32 Å². The van der Waals surface area contributed by atoms with Gasteiger partial charge in [-0.05, 0) is 48.4 Å². The second kappa shape index (κ2) is 11.1. The standard InChI is InChI=1S/C28H23ClN2O6/c1-16-13-18(29)11-12-22(16)30-27(34)23(31-36)15-19(32)14-21(17-7-3-2-4-8-17)25-26(33)20-9-5-6-10-24(20)37-28(25)35/h2-13,21,33,36H,14-15H2,1H3,(H,30,34)/b31-23+/t21-/m0/s1. The van der Waals surface area contributed by atoms with Gasteiger partial charge in [0.05, 0.1) is 17.4 Å². The van der Waals surface area contributed by atoms with Gasteiger partial charge in [-0.25, -0.2) is 4.79 Å². The number of hydrogen-bond acceptors (Lipinski definition) is 7. The molecule has 0 unspecified atom stereocenters. The average Bonchev–Trinajstić information content (AvgIpc) is 2.88. The number of benzene rings is 3. The molecule has 4 aromatic rings. The fourth-order valence-corrected chi connectivity index (χ4v) is 4.36. The first-order valence-corrected chi connectivity index (χ1v) is 11.8. The minimum atomic E-state index is -0.865. The van der Waals surface area contributed by atoms with Crippen LogP contribution in [0.25, 0.3) is 11.0 Å². The smallest absolute Gasteiger partial charge is 0.343 e. The number of fused-ring (bicyclic) bond motifs is 1. The highest BCUT2D eigenvalue weighted by molar-refractivity contribution is 6.45. The number of Topliss-reactive ketones (excluding diaryl/α,β-unsaturated/α-hetero) is 1. The van der Waals surface area contributed by atoms with Gasteiger partial charge < -0.3 is 20.0 Å². The maximum Gasteiger partial charge on any atom is 0.343 e. The Labute approximate surface area is 216 Å². The first kappa shape index (κ1) is 25.7. The van der Waals surface area contributed by atoms with Crippen LogP contribution in [0.4, 0.5) is 5.69 Å². The third kappa shape index (κ3) is 5.70. The Bertz CT molecular complexity index is 1560. The second-order valence-corrected chi connectivity index (χ2v) is 8.93. The van der Waals surface area contributed by atoms with Crippen LogP contribution in [0.2, 0.25) is 5.02 Å². The Kier molecular flexibility index (Phi) is 7.69. The Morgan fingerprint density at radius 3 is 2.46 bits per heavy atom. The summed E-state index contributed by atoms with van der Waals surface area (Å²) in [5.41, 5.74) is 0.706. The van der Waals surface area contributed by atoms with E-state index in [4.69, 9.17) is 16.0 Å². The van der Waals surface area contributed by atoms with E-state index in [2.05, 4.69) is 10.5 Å². The van der Waals surface area contributed by atoms with Crippen LogP contribution in [0.15, 0.2) is 87.2 Å². The number of rotatable bonds is 8. The third-order valence-electron chi connectivity index (χ3n) is 5.99. The minimum absolute atomic E-state index is 0.0676. The topological polar surface area (TPSA) is 129 Å². The number of amides is 1. The molecule has 1 atom stereocenters. The van der Waals surface area contributed by atoms with Gasteiger partial charge in [0.25, 0.3) is 5.91 Å². The van der Waals surface area contributed by atoms with Crippen molar-refractivity contribution in [3.63, 3.8) is 0 Å². The Balaban J connectivity index is 1.62. The van der Waals surface area contributed by atoms with Gasteiger partial charge in [-0.1, -0.05) is 59.2 Å². The van der Waals surface area contributed by atoms with Crippen molar-refractivity contribution in [1.29, 1.82) is 0 Å². The lowest BCUT2D eigenvalue weighted by Crippen LogP contribution is -2.27. The third-order valence-corrected chi connectivity index (χ3v) is 6.22. The number of carbonyl (C=O) groups excluding carboxylic acids is 2. The summed E-state index contributed by atoms with van der Waals surface area (Å²) < 4.78 is 5.42. The summed E-state index contributed by atoms with van der Waals surface area (Å²) in [7, 11) is 0. The van der Waals surface area contributed by atoms with Crippen molar-refractivity contribution in [1.82, 2.24) is 0 Å². The van der Waals surface area contributed by atoms with Crippen molar-refractivity contribution in [2.24, 2.45) is 5.16 Å². The van der Waals surface area contributed by atoms with E-state index in [0.717, 1.165) is 0 Å². The average molecular weight is 519 g/mol. The number of halogens is 1. The lowest BCUT2D eigenvalue weighted by molar-refractivity contribution is -0.119. The SMILES string of the molecule is Cc1cc(Cl)ccc1NC(=O)/C(CC(=O)C[C@@H](c1ccccc1)c1c(O)c2ccccc2oc1=O)=N/O. The van der Waals surface area contributed by atoms with Gasteiger partial charge in [-0.2, -0.15) is 0 Å². The summed E-state index contributed by atoms with van der Waals surface area (Å²) in [6, 6.07) is 20.1. The molecule has 4 rings (SSSR count). The zero-order chi connectivity index (χ0) is 26.5. The number of carbonyl (C=O) groups is 2. The number of para-hydroxylation sites is 1. The number of ketones is 1. The number of anilines is 1. The first-order valence-electron chi connectivity index (χ1n) is 11.4. The molecule has 0 saturated heterocycles.